The Balaban J connectivity index is 1.67. The SMILES string of the molecule is O=C1CCC(N2CCn3cnnc3C2)CC1. The molecule has 0 N–H and O–H groups in total. The van der Waals surface area contributed by atoms with Crippen molar-refractivity contribution < 1.29 is 4.79 Å². The molecule has 0 amide bonds. The third-order valence-corrected chi connectivity index (χ3v) is 3.70. The van der Waals surface area contributed by atoms with Gasteiger partial charge < -0.3 is 4.57 Å². The highest BCUT2D eigenvalue weighted by Gasteiger charge is 2.27. The van der Waals surface area contributed by atoms with Crippen molar-refractivity contribution >= 4 is 5.78 Å². The van der Waals surface area contributed by atoms with Crippen molar-refractivity contribution in [1.82, 2.24) is 19.7 Å². The van der Waals surface area contributed by atoms with Crippen LogP contribution in [0.3, 0.4) is 0 Å². The van der Waals surface area contributed by atoms with Crippen LogP contribution in [0.2, 0.25) is 0 Å². The van der Waals surface area contributed by atoms with Crippen LogP contribution in [0.1, 0.15) is 31.5 Å². The van der Waals surface area contributed by atoms with Crippen molar-refractivity contribution in [2.45, 2.75) is 44.8 Å². The van der Waals surface area contributed by atoms with E-state index in [2.05, 4.69) is 19.7 Å². The first kappa shape index (κ1) is 9.96. The molecule has 5 heteroatoms. The van der Waals surface area contributed by atoms with Crippen LogP contribution in [0.15, 0.2) is 6.33 Å². The molecular formula is C11H16N4O. The van der Waals surface area contributed by atoms with Crippen molar-refractivity contribution in [2.24, 2.45) is 0 Å². The minimum atomic E-state index is 0.427. The normalized spacial score (nSPS) is 23.4. The van der Waals surface area contributed by atoms with E-state index >= 15 is 0 Å². The molecule has 3 rings (SSSR count). The number of aromatic nitrogens is 3. The second kappa shape index (κ2) is 3.97. The third-order valence-electron chi connectivity index (χ3n) is 3.70. The van der Waals surface area contributed by atoms with Crippen molar-refractivity contribution in [1.29, 1.82) is 0 Å². The van der Waals surface area contributed by atoms with Crippen LogP contribution in [-0.2, 0) is 17.9 Å². The summed E-state index contributed by atoms with van der Waals surface area (Å²) in [6.45, 7) is 2.93. The van der Waals surface area contributed by atoms with E-state index in [1.807, 2.05) is 0 Å². The molecule has 1 aromatic heterocycles. The molecule has 0 bridgehead atoms. The Hall–Kier alpha value is -1.23. The summed E-state index contributed by atoms with van der Waals surface area (Å²) in [4.78, 5) is 13.7. The number of nitrogens with zero attached hydrogens (tertiary/aromatic N) is 4. The Morgan fingerprint density at radius 1 is 1.25 bits per heavy atom. The molecule has 86 valence electrons. The number of ketones is 1. The van der Waals surface area contributed by atoms with Crippen molar-refractivity contribution in [3.05, 3.63) is 12.2 Å². The van der Waals surface area contributed by atoms with Crippen LogP contribution in [-0.4, -0.2) is 38.0 Å². The summed E-state index contributed by atoms with van der Waals surface area (Å²) in [5, 5.41) is 8.05. The predicted octanol–water partition coefficient (Wildman–Crippen LogP) is 0.605. The largest absolute Gasteiger partial charge is 0.315 e. The van der Waals surface area contributed by atoms with Gasteiger partial charge >= 0.3 is 0 Å². The summed E-state index contributed by atoms with van der Waals surface area (Å²) in [7, 11) is 0. The third kappa shape index (κ3) is 1.75. The summed E-state index contributed by atoms with van der Waals surface area (Å²) in [6, 6.07) is 0.572. The van der Waals surface area contributed by atoms with Gasteiger partial charge in [0, 0.05) is 32.0 Å². The minimum absolute atomic E-state index is 0.427. The molecule has 0 atom stereocenters. The van der Waals surface area contributed by atoms with E-state index in [9.17, 15) is 4.79 Å². The molecule has 1 aromatic rings. The topological polar surface area (TPSA) is 51.0 Å². The quantitative estimate of drug-likeness (QED) is 0.695. The van der Waals surface area contributed by atoms with Gasteiger partial charge in [0.2, 0.25) is 0 Å². The van der Waals surface area contributed by atoms with Crippen LogP contribution in [0, 0.1) is 0 Å². The first-order valence-electron chi connectivity index (χ1n) is 5.95. The Morgan fingerprint density at radius 2 is 2.06 bits per heavy atom. The number of carbonyl (C=O) groups is 1. The molecule has 1 saturated carbocycles. The van der Waals surface area contributed by atoms with Gasteiger partial charge in [-0.1, -0.05) is 0 Å². The average molecular weight is 220 g/mol. The first-order valence-corrected chi connectivity index (χ1v) is 5.95. The molecule has 2 aliphatic rings. The molecule has 0 radical (unpaired) electrons. The van der Waals surface area contributed by atoms with Gasteiger partial charge in [0.15, 0.2) is 0 Å². The fourth-order valence-electron chi connectivity index (χ4n) is 2.69. The number of rotatable bonds is 1. The highest BCUT2D eigenvalue weighted by Crippen LogP contribution is 2.23. The monoisotopic (exact) mass is 220 g/mol. The Bertz CT molecular complexity index is 390. The zero-order valence-corrected chi connectivity index (χ0v) is 9.30. The molecule has 0 saturated heterocycles. The van der Waals surface area contributed by atoms with Crippen LogP contribution in [0.5, 0.6) is 0 Å². The maximum atomic E-state index is 11.2. The van der Waals surface area contributed by atoms with Gasteiger partial charge in [-0.3, -0.25) is 9.69 Å². The molecule has 1 fully saturated rings. The Kier molecular flexibility index (Phi) is 2.47. The Morgan fingerprint density at radius 3 is 2.88 bits per heavy atom. The highest BCUT2D eigenvalue weighted by atomic mass is 16.1. The van der Waals surface area contributed by atoms with Gasteiger partial charge in [-0.05, 0) is 12.8 Å². The second-order valence-corrected chi connectivity index (χ2v) is 4.68. The summed E-state index contributed by atoms with van der Waals surface area (Å²) >= 11 is 0. The van der Waals surface area contributed by atoms with E-state index in [0.29, 0.717) is 11.8 Å². The average Bonchev–Trinajstić information content (AvgIpc) is 2.77. The lowest BCUT2D eigenvalue weighted by atomic mass is 9.93. The first-order chi connectivity index (χ1) is 7.83. The molecular weight excluding hydrogens is 204 g/mol. The maximum absolute atomic E-state index is 11.2. The predicted molar refractivity (Wildman–Crippen MR) is 57.7 cm³/mol. The standard InChI is InChI=1S/C11H16N4O/c16-10-3-1-9(2-4-10)14-5-6-15-8-12-13-11(15)7-14/h8-9H,1-7H2. The van der Waals surface area contributed by atoms with Gasteiger partial charge in [-0.15, -0.1) is 10.2 Å². The molecule has 1 aliphatic heterocycles. The van der Waals surface area contributed by atoms with E-state index in [1.165, 1.54) is 0 Å². The zero-order chi connectivity index (χ0) is 11.0. The second-order valence-electron chi connectivity index (χ2n) is 4.68. The van der Waals surface area contributed by atoms with Gasteiger partial charge in [-0.25, -0.2) is 0 Å². The van der Waals surface area contributed by atoms with Crippen molar-refractivity contribution in [3.63, 3.8) is 0 Å². The van der Waals surface area contributed by atoms with Crippen LogP contribution in [0.4, 0.5) is 0 Å². The van der Waals surface area contributed by atoms with E-state index < -0.39 is 0 Å². The van der Waals surface area contributed by atoms with Gasteiger partial charge in [-0.2, -0.15) is 0 Å². The van der Waals surface area contributed by atoms with E-state index in [0.717, 1.165) is 51.1 Å². The number of Topliss-reactive ketones (excluding diaryl/α,β-unsaturated/α-hetero) is 1. The lowest BCUT2D eigenvalue weighted by molar-refractivity contribution is -0.121. The molecule has 0 unspecified atom stereocenters. The summed E-state index contributed by atoms with van der Waals surface area (Å²) in [5.41, 5.74) is 0. The fourth-order valence-corrected chi connectivity index (χ4v) is 2.69. The lowest BCUT2D eigenvalue weighted by Crippen LogP contribution is -2.43. The maximum Gasteiger partial charge on any atom is 0.147 e. The smallest absolute Gasteiger partial charge is 0.147 e. The molecule has 2 heterocycles. The molecule has 5 nitrogen and oxygen atoms in total. The number of hydrogen-bond donors (Lipinski definition) is 0. The molecule has 16 heavy (non-hydrogen) atoms. The molecule has 0 spiro atoms. The van der Waals surface area contributed by atoms with Crippen molar-refractivity contribution in [2.75, 3.05) is 6.54 Å². The summed E-state index contributed by atoms with van der Waals surface area (Å²) in [5.74, 6) is 1.49. The van der Waals surface area contributed by atoms with Crippen LogP contribution >= 0.6 is 0 Å². The van der Waals surface area contributed by atoms with E-state index in [-0.39, 0.29) is 0 Å². The van der Waals surface area contributed by atoms with Gasteiger partial charge in [0.05, 0.1) is 6.54 Å². The van der Waals surface area contributed by atoms with Crippen LogP contribution < -0.4 is 0 Å². The lowest BCUT2D eigenvalue weighted by Gasteiger charge is -2.36. The van der Waals surface area contributed by atoms with Crippen molar-refractivity contribution in [3.8, 4) is 0 Å². The van der Waals surface area contributed by atoms with Gasteiger partial charge in [0.25, 0.3) is 0 Å². The molecule has 0 aromatic carbocycles. The minimum Gasteiger partial charge on any atom is -0.315 e. The number of hydrogen-bond acceptors (Lipinski definition) is 4. The Labute approximate surface area is 94.5 Å². The van der Waals surface area contributed by atoms with E-state index in [4.69, 9.17) is 0 Å². The number of carbonyl (C=O) groups excluding carboxylic acids is 1. The zero-order valence-electron chi connectivity index (χ0n) is 9.30. The van der Waals surface area contributed by atoms with Crippen LogP contribution in [0.25, 0.3) is 0 Å². The summed E-state index contributed by atoms with van der Waals surface area (Å²) < 4.78 is 2.12. The highest BCUT2D eigenvalue weighted by molar-refractivity contribution is 5.79. The summed E-state index contributed by atoms with van der Waals surface area (Å²) in [6.07, 6.45) is 5.36. The number of fused-ring (bicyclic) bond motifs is 1. The molecule has 1 aliphatic carbocycles. The van der Waals surface area contributed by atoms with Gasteiger partial charge in [0.1, 0.15) is 17.9 Å². The fraction of sp³-hybridized carbons (Fsp3) is 0.727. The van der Waals surface area contributed by atoms with E-state index in [1.54, 1.807) is 6.33 Å².